The van der Waals surface area contributed by atoms with Crippen LogP contribution in [-0.4, -0.2) is 16.6 Å². The first-order valence-electron chi connectivity index (χ1n) is 8.15. The Hall–Kier alpha value is -2.53. The largest absolute Gasteiger partial charge is 0.326 e. The number of hydrogen-bond donors (Lipinski definition) is 2. The zero-order chi connectivity index (χ0) is 17.8. The van der Waals surface area contributed by atoms with Crippen LogP contribution in [0, 0.1) is 13.8 Å². The lowest BCUT2D eigenvalue weighted by atomic mass is 10.1. The summed E-state index contributed by atoms with van der Waals surface area (Å²) in [5, 5.41) is 3.89. The standard InChI is InChI=1S/C20H20N2O2S/c1-13-14(2)20(24)22-18-12-15(8-9-17(13)18)21-19(23)10-11-25-16-6-4-3-5-7-16/h3-9,12H,10-11H2,1-2H3,(H,21,23)(H,22,24). The minimum Gasteiger partial charge on any atom is -0.326 e. The molecule has 0 saturated heterocycles. The lowest BCUT2D eigenvalue weighted by Crippen LogP contribution is -2.13. The molecular weight excluding hydrogens is 332 g/mol. The van der Waals surface area contributed by atoms with E-state index in [2.05, 4.69) is 10.3 Å². The maximum absolute atomic E-state index is 12.1. The fraction of sp³-hybridized carbons (Fsp3) is 0.200. The third-order valence-electron chi connectivity index (χ3n) is 4.20. The predicted octanol–water partition coefficient (Wildman–Crippen LogP) is 4.27. The molecule has 0 spiro atoms. The van der Waals surface area contributed by atoms with Crippen molar-refractivity contribution in [3.63, 3.8) is 0 Å². The maximum atomic E-state index is 12.1. The molecule has 128 valence electrons. The Morgan fingerprint density at radius 3 is 2.60 bits per heavy atom. The van der Waals surface area contributed by atoms with Gasteiger partial charge in [0.05, 0.1) is 5.52 Å². The molecule has 0 bridgehead atoms. The van der Waals surface area contributed by atoms with Gasteiger partial charge in [0.1, 0.15) is 0 Å². The first kappa shape index (κ1) is 17.3. The molecule has 1 amide bonds. The van der Waals surface area contributed by atoms with Crippen LogP contribution in [-0.2, 0) is 4.79 Å². The van der Waals surface area contributed by atoms with Crippen molar-refractivity contribution in [1.29, 1.82) is 0 Å². The van der Waals surface area contributed by atoms with Crippen LogP contribution >= 0.6 is 11.8 Å². The van der Waals surface area contributed by atoms with Gasteiger partial charge in [-0.05, 0) is 43.7 Å². The summed E-state index contributed by atoms with van der Waals surface area (Å²) in [4.78, 5) is 28.1. The molecule has 0 aliphatic rings. The molecule has 0 aliphatic carbocycles. The number of thioether (sulfide) groups is 1. The molecular formula is C20H20N2O2S. The van der Waals surface area contributed by atoms with Gasteiger partial charge in [-0.2, -0.15) is 0 Å². The number of amides is 1. The van der Waals surface area contributed by atoms with E-state index >= 15 is 0 Å². The molecule has 0 radical (unpaired) electrons. The van der Waals surface area contributed by atoms with Crippen LogP contribution in [0.2, 0.25) is 0 Å². The van der Waals surface area contributed by atoms with Gasteiger partial charge in [-0.3, -0.25) is 9.59 Å². The minimum atomic E-state index is -0.0901. The van der Waals surface area contributed by atoms with Gasteiger partial charge in [0.25, 0.3) is 5.56 Å². The summed E-state index contributed by atoms with van der Waals surface area (Å²) in [7, 11) is 0. The van der Waals surface area contributed by atoms with Crippen LogP contribution in [0.5, 0.6) is 0 Å². The highest BCUT2D eigenvalue weighted by Gasteiger charge is 2.08. The number of aryl methyl sites for hydroxylation is 1. The Kier molecular flexibility index (Phi) is 5.24. The minimum absolute atomic E-state index is 0.0334. The summed E-state index contributed by atoms with van der Waals surface area (Å²) in [6, 6.07) is 15.6. The number of anilines is 1. The average molecular weight is 352 g/mol. The molecule has 0 fully saturated rings. The smallest absolute Gasteiger partial charge is 0.251 e. The number of aromatic amines is 1. The number of hydrogen-bond acceptors (Lipinski definition) is 3. The van der Waals surface area contributed by atoms with Crippen LogP contribution in [0.3, 0.4) is 0 Å². The molecule has 4 nitrogen and oxygen atoms in total. The third-order valence-corrected chi connectivity index (χ3v) is 5.21. The highest BCUT2D eigenvalue weighted by atomic mass is 32.2. The van der Waals surface area contributed by atoms with E-state index in [-0.39, 0.29) is 11.5 Å². The van der Waals surface area contributed by atoms with Crippen molar-refractivity contribution in [1.82, 2.24) is 4.98 Å². The molecule has 2 N–H and O–H groups in total. The SMILES string of the molecule is Cc1c(C)c2ccc(NC(=O)CCSc3ccccc3)cc2[nH]c1=O. The van der Waals surface area contributed by atoms with Gasteiger partial charge in [0.2, 0.25) is 5.91 Å². The van der Waals surface area contributed by atoms with Crippen LogP contribution in [0.25, 0.3) is 10.9 Å². The van der Waals surface area contributed by atoms with E-state index in [1.54, 1.807) is 11.8 Å². The number of aromatic nitrogens is 1. The Balaban J connectivity index is 1.65. The summed E-state index contributed by atoms with van der Waals surface area (Å²) in [5.41, 5.74) is 3.04. The van der Waals surface area contributed by atoms with E-state index < -0.39 is 0 Å². The molecule has 0 aliphatic heterocycles. The van der Waals surface area contributed by atoms with Gasteiger partial charge in [-0.1, -0.05) is 24.3 Å². The van der Waals surface area contributed by atoms with Crippen LogP contribution < -0.4 is 10.9 Å². The summed E-state index contributed by atoms with van der Waals surface area (Å²) in [6.45, 7) is 3.75. The molecule has 3 aromatic rings. The molecule has 1 aromatic heterocycles. The van der Waals surface area contributed by atoms with Crippen molar-refractivity contribution in [3.8, 4) is 0 Å². The van der Waals surface area contributed by atoms with E-state index in [4.69, 9.17) is 0 Å². The maximum Gasteiger partial charge on any atom is 0.251 e. The van der Waals surface area contributed by atoms with E-state index in [1.807, 2.05) is 62.4 Å². The topological polar surface area (TPSA) is 62.0 Å². The first-order valence-corrected chi connectivity index (χ1v) is 9.14. The summed E-state index contributed by atoms with van der Waals surface area (Å²) >= 11 is 1.66. The Labute approximate surface area is 150 Å². The highest BCUT2D eigenvalue weighted by molar-refractivity contribution is 7.99. The summed E-state index contributed by atoms with van der Waals surface area (Å²) in [5.74, 6) is 0.687. The number of pyridine rings is 1. The molecule has 0 saturated carbocycles. The number of benzene rings is 2. The van der Waals surface area contributed by atoms with Crippen LogP contribution in [0.4, 0.5) is 5.69 Å². The zero-order valence-electron chi connectivity index (χ0n) is 14.3. The Bertz CT molecular complexity index is 965. The Morgan fingerprint density at radius 2 is 1.84 bits per heavy atom. The first-order chi connectivity index (χ1) is 12.0. The monoisotopic (exact) mass is 352 g/mol. The second kappa shape index (κ2) is 7.57. The highest BCUT2D eigenvalue weighted by Crippen LogP contribution is 2.22. The lowest BCUT2D eigenvalue weighted by Gasteiger charge is -2.09. The average Bonchev–Trinajstić information content (AvgIpc) is 2.60. The van der Waals surface area contributed by atoms with E-state index in [0.29, 0.717) is 12.1 Å². The zero-order valence-corrected chi connectivity index (χ0v) is 15.1. The van der Waals surface area contributed by atoms with Crippen molar-refractivity contribution in [3.05, 3.63) is 70.0 Å². The fourth-order valence-electron chi connectivity index (χ4n) is 2.64. The van der Waals surface area contributed by atoms with Crippen molar-refractivity contribution in [2.45, 2.75) is 25.2 Å². The second-order valence-corrected chi connectivity index (χ2v) is 7.09. The number of carbonyl (C=O) groups is 1. The fourth-order valence-corrected chi connectivity index (χ4v) is 3.52. The molecule has 1 heterocycles. The number of rotatable bonds is 5. The molecule has 2 aromatic carbocycles. The van der Waals surface area contributed by atoms with Gasteiger partial charge >= 0.3 is 0 Å². The summed E-state index contributed by atoms with van der Waals surface area (Å²) < 4.78 is 0. The molecule has 0 atom stereocenters. The van der Waals surface area contributed by atoms with Crippen LogP contribution in [0.15, 0.2) is 58.2 Å². The van der Waals surface area contributed by atoms with Gasteiger partial charge in [-0.25, -0.2) is 0 Å². The molecule has 25 heavy (non-hydrogen) atoms. The van der Waals surface area contributed by atoms with Crippen molar-refractivity contribution >= 4 is 34.3 Å². The van der Waals surface area contributed by atoms with E-state index in [0.717, 1.165) is 32.7 Å². The quantitative estimate of drug-likeness (QED) is 0.674. The van der Waals surface area contributed by atoms with Gasteiger partial charge in [-0.15, -0.1) is 11.8 Å². The number of fused-ring (bicyclic) bond motifs is 1. The number of nitrogens with one attached hydrogen (secondary N) is 2. The predicted molar refractivity (Wildman–Crippen MR) is 104 cm³/mol. The van der Waals surface area contributed by atoms with Crippen molar-refractivity contribution < 1.29 is 4.79 Å². The molecule has 3 rings (SSSR count). The van der Waals surface area contributed by atoms with Crippen LogP contribution in [0.1, 0.15) is 17.5 Å². The van der Waals surface area contributed by atoms with Crippen molar-refractivity contribution in [2.75, 3.05) is 11.1 Å². The van der Waals surface area contributed by atoms with Gasteiger partial charge < -0.3 is 10.3 Å². The number of H-pyrrole nitrogens is 1. The lowest BCUT2D eigenvalue weighted by molar-refractivity contribution is -0.115. The normalized spacial score (nSPS) is 10.8. The number of carbonyl (C=O) groups excluding carboxylic acids is 1. The van der Waals surface area contributed by atoms with Gasteiger partial charge in [0, 0.05) is 33.7 Å². The third kappa shape index (κ3) is 4.12. The van der Waals surface area contributed by atoms with E-state index in [9.17, 15) is 9.59 Å². The van der Waals surface area contributed by atoms with Crippen molar-refractivity contribution in [2.24, 2.45) is 0 Å². The Morgan fingerprint density at radius 1 is 1.08 bits per heavy atom. The molecule has 5 heteroatoms. The second-order valence-electron chi connectivity index (χ2n) is 5.92. The molecule has 0 unspecified atom stereocenters. The van der Waals surface area contributed by atoms with E-state index in [1.165, 1.54) is 0 Å². The summed E-state index contributed by atoms with van der Waals surface area (Å²) in [6.07, 6.45) is 0.432. The van der Waals surface area contributed by atoms with Gasteiger partial charge in [0.15, 0.2) is 0 Å².